The zero-order chi connectivity index (χ0) is 14.4. The van der Waals surface area contributed by atoms with Crippen molar-refractivity contribution in [3.63, 3.8) is 0 Å². The van der Waals surface area contributed by atoms with Gasteiger partial charge in [0.15, 0.2) is 0 Å². The van der Waals surface area contributed by atoms with Crippen molar-refractivity contribution < 1.29 is 9.59 Å². The summed E-state index contributed by atoms with van der Waals surface area (Å²) in [5.41, 5.74) is 2.46. The van der Waals surface area contributed by atoms with E-state index < -0.39 is 0 Å². The maximum atomic E-state index is 11.8. The monoisotopic (exact) mass is 288 g/mol. The Hall–Kier alpha value is -2.14. The summed E-state index contributed by atoms with van der Waals surface area (Å²) < 4.78 is 0. The van der Waals surface area contributed by atoms with E-state index in [-0.39, 0.29) is 18.2 Å². The largest absolute Gasteiger partial charge is 0.351 e. The number of hydrogen-bond acceptors (Lipinski definition) is 3. The molecule has 5 heteroatoms. The first kappa shape index (κ1) is 14.3. The molecule has 104 valence electrons. The predicted octanol–water partition coefficient (Wildman–Crippen LogP) is 2.82. The number of para-hydroxylation sites is 1. The maximum absolute atomic E-state index is 11.8. The molecule has 0 aliphatic rings. The summed E-state index contributed by atoms with van der Waals surface area (Å²) in [7, 11) is 0. The molecule has 0 saturated carbocycles. The first-order valence-electron chi connectivity index (χ1n) is 6.32. The lowest BCUT2D eigenvalue weighted by atomic mass is 10.2. The minimum Gasteiger partial charge on any atom is -0.351 e. The van der Waals surface area contributed by atoms with Crippen LogP contribution in [0.1, 0.15) is 22.3 Å². The average molecular weight is 288 g/mol. The Labute approximate surface area is 121 Å². The zero-order valence-corrected chi connectivity index (χ0v) is 12.0. The second-order valence-corrected chi connectivity index (χ2v) is 5.16. The summed E-state index contributed by atoms with van der Waals surface area (Å²) in [4.78, 5) is 23.4. The minimum absolute atomic E-state index is 0.107. The highest BCUT2D eigenvalue weighted by Crippen LogP contribution is 2.13. The molecule has 4 nitrogen and oxygen atoms in total. The highest BCUT2D eigenvalue weighted by Gasteiger charge is 2.07. The van der Waals surface area contributed by atoms with E-state index in [9.17, 15) is 9.59 Å². The fourth-order valence-corrected chi connectivity index (χ4v) is 2.35. The van der Waals surface area contributed by atoms with Crippen LogP contribution in [0.2, 0.25) is 0 Å². The first-order valence-corrected chi connectivity index (χ1v) is 7.27. The third kappa shape index (κ3) is 3.93. The van der Waals surface area contributed by atoms with Crippen molar-refractivity contribution in [2.45, 2.75) is 13.3 Å². The van der Waals surface area contributed by atoms with Gasteiger partial charge in [0, 0.05) is 29.6 Å². The normalized spacial score (nSPS) is 10.1. The summed E-state index contributed by atoms with van der Waals surface area (Å²) >= 11 is 1.47. The Balaban J connectivity index is 1.76. The third-order valence-corrected chi connectivity index (χ3v) is 3.52. The summed E-state index contributed by atoms with van der Waals surface area (Å²) in [6, 6.07) is 9.35. The molecule has 0 fully saturated rings. The molecule has 1 aromatic carbocycles. The Bertz CT molecular complexity index is 594. The van der Waals surface area contributed by atoms with Crippen LogP contribution in [0.15, 0.2) is 41.1 Å². The third-order valence-electron chi connectivity index (χ3n) is 2.84. The van der Waals surface area contributed by atoms with Crippen molar-refractivity contribution in [2.24, 2.45) is 0 Å². The molecule has 0 bridgehead atoms. The van der Waals surface area contributed by atoms with E-state index in [4.69, 9.17) is 0 Å². The van der Waals surface area contributed by atoms with Crippen LogP contribution in [0, 0.1) is 6.92 Å². The second-order valence-electron chi connectivity index (χ2n) is 4.38. The number of aryl methyl sites for hydroxylation is 1. The number of nitrogens with one attached hydrogen (secondary N) is 2. The van der Waals surface area contributed by atoms with Gasteiger partial charge in [0.2, 0.25) is 5.91 Å². The molecule has 1 heterocycles. The van der Waals surface area contributed by atoms with E-state index in [0.29, 0.717) is 12.1 Å². The molecule has 0 saturated heterocycles. The number of benzene rings is 1. The molecule has 2 N–H and O–H groups in total. The molecule has 2 amide bonds. The average Bonchev–Trinajstić information content (AvgIpc) is 2.95. The lowest BCUT2D eigenvalue weighted by molar-refractivity contribution is -0.116. The van der Waals surface area contributed by atoms with Gasteiger partial charge in [0.25, 0.3) is 5.91 Å². The van der Waals surface area contributed by atoms with Gasteiger partial charge >= 0.3 is 0 Å². The maximum Gasteiger partial charge on any atom is 0.252 e. The highest BCUT2D eigenvalue weighted by molar-refractivity contribution is 7.08. The first-order chi connectivity index (χ1) is 9.66. The Kier molecular flexibility index (Phi) is 4.90. The predicted molar refractivity (Wildman–Crippen MR) is 81.1 cm³/mol. The van der Waals surface area contributed by atoms with E-state index in [1.54, 1.807) is 11.4 Å². The van der Waals surface area contributed by atoms with Crippen LogP contribution in [0.3, 0.4) is 0 Å². The number of carbonyl (C=O) groups is 2. The molecular formula is C15H16N2O2S. The summed E-state index contributed by atoms with van der Waals surface area (Å²) in [6.07, 6.45) is 0.254. The Morgan fingerprint density at radius 3 is 2.70 bits per heavy atom. The zero-order valence-electron chi connectivity index (χ0n) is 11.2. The van der Waals surface area contributed by atoms with Gasteiger partial charge in [-0.25, -0.2) is 0 Å². The quantitative estimate of drug-likeness (QED) is 0.889. The lowest BCUT2D eigenvalue weighted by Gasteiger charge is -2.08. The fourth-order valence-electron chi connectivity index (χ4n) is 1.71. The number of amides is 2. The van der Waals surface area contributed by atoms with Gasteiger partial charge in [-0.05, 0) is 30.0 Å². The van der Waals surface area contributed by atoms with Gasteiger partial charge in [0.1, 0.15) is 0 Å². The van der Waals surface area contributed by atoms with Crippen LogP contribution in [0.5, 0.6) is 0 Å². The van der Waals surface area contributed by atoms with Crippen molar-refractivity contribution in [3.05, 3.63) is 52.2 Å². The second kappa shape index (κ2) is 6.86. The van der Waals surface area contributed by atoms with Gasteiger partial charge in [-0.2, -0.15) is 11.3 Å². The highest BCUT2D eigenvalue weighted by atomic mass is 32.1. The van der Waals surface area contributed by atoms with Crippen LogP contribution in [0.25, 0.3) is 0 Å². The Morgan fingerprint density at radius 2 is 2.00 bits per heavy atom. The van der Waals surface area contributed by atoms with Crippen LogP contribution in [-0.4, -0.2) is 18.4 Å². The van der Waals surface area contributed by atoms with Crippen molar-refractivity contribution >= 4 is 28.8 Å². The summed E-state index contributed by atoms with van der Waals surface area (Å²) in [5, 5.41) is 9.18. The lowest BCUT2D eigenvalue weighted by Crippen LogP contribution is -2.27. The standard InChI is InChI=1S/C15H16N2O2S/c1-11-4-2-3-5-13(11)17-14(18)6-8-16-15(19)12-7-9-20-10-12/h2-5,7,9-10H,6,8H2,1H3,(H,16,19)(H,17,18). The van der Waals surface area contributed by atoms with Gasteiger partial charge in [-0.15, -0.1) is 0 Å². The summed E-state index contributed by atoms with van der Waals surface area (Å²) in [5.74, 6) is -0.250. The van der Waals surface area contributed by atoms with Gasteiger partial charge in [-0.1, -0.05) is 18.2 Å². The Morgan fingerprint density at radius 1 is 1.20 bits per heavy atom. The molecule has 2 aromatic rings. The van der Waals surface area contributed by atoms with Crippen LogP contribution < -0.4 is 10.6 Å². The van der Waals surface area contributed by atoms with Crippen LogP contribution in [0.4, 0.5) is 5.69 Å². The van der Waals surface area contributed by atoms with Crippen molar-refractivity contribution in [1.82, 2.24) is 5.32 Å². The number of hydrogen-bond donors (Lipinski definition) is 2. The topological polar surface area (TPSA) is 58.2 Å². The number of thiophene rings is 1. The van der Waals surface area contributed by atoms with E-state index in [1.807, 2.05) is 36.6 Å². The SMILES string of the molecule is Cc1ccccc1NC(=O)CCNC(=O)c1ccsc1. The molecule has 0 unspecified atom stereocenters. The molecule has 0 aliphatic carbocycles. The van der Waals surface area contributed by atoms with E-state index in [2.05, 4.69) is 10.6 Å². The number of anilines is 1. The van der Waals surface area contributed by atoms with Gasteiger partial charge in [-0.3, -0.25) is 9.59 Å². The van der Waals surface area contributed by atoms with Gasteiger partial charge in [0.05, 0.1) is 0 Å². The summed E-state index contributed by atoms with van der Waals surface area (Å²) in [6.45, 7) is 2.26. The fraction of sp³-hybridized carbons (Fsp3) is 0.200. The molecular weight excluding hydrogens is 272 g/mol. The van der Waals surface area contributed by atoms with Crippen LogP contribution >= 0.6 is 11.3 Å². The number of carbonyl (C=O) groups excluding carboxylic acids is 2. The molecule has 0 spiro atoms. The van der Waals surface area contributed by atoms with Crippen molar-refractivity contribution in [2.75, 3.05) is 11.9 Å². The van der Waals surface area contributed by atoms with E-state index in [1.165, 1.54) is 11.3 Å². The molecule has 0 atom stereocenters. The smallest absolute Gasteiger partial charge is 0.252 e. The number of rotatable bonds is 5. The molecule has 1 aromatic heterocycles. The molecule has 0 radical (unpaired) electrons. The minimum atomic E-state index is -0.144. The van der Waals surface area contributed by atoms with Gasteiger partial charge < -0.3 is 10.6 Å². The van der Waals surface area contributed by atoms with Crippen LogP contribution in [-0.2, 0) is 4.79 Å². The van der Waals surface area contributed by atoms with Crippen molar-refractivity contribution in [3.8, 4) is 0 Å². The van der Waals surface area contributed by atoms with E-state index in [0.717, 1.165) is 11.3 Å². The van der Waals surface area contributed by atoms with E-state index >= 15 is 0 Å². The molecule has 0 aliphatic heterocycles. The molecule has 20 heavy (non-hydrogen) atoms. The molecule has 2 rings (SSSR count). The van der Waals surface area contributed by atoms with Crippen molar-refractivity contribution in [1.29, 1.82) is 0 Å².